The molecule has 0 radical (unpaired) electrons. The zero-order chi connectivity index (χ0) is 41.5. The van der Waals surface area contributed by atoms with Gasteiger partial charge in [0.15, 0.2) is 78.9 Å². The number of carbonyl (C=O) groups is 2. The maximum absolute atomic E-state index is 14.6. The van der Waals surface area contributed by atoms with Crippen molar-refractivity contribution in [2.24, 2.45) is 0 Å². The molecule has 0 aliphatic heterocycles. The largest absolute Gasteiger partial charge is 0.496 e. The van der Waals surface area contributed by atoms with Gasteiger partial charge in [-0.25, -0.2) is 0 Å². The molecule has 0 unspecified atom stereocenters. The first kappa shape index (κ1) is 43.7. The van der Waals surface area contributed by atoms with Crippen LogP contribution >= 0.6 is 23.5 Å². The summed E-state index contributed by atoms with van der Waals surface area (Å²) in [7, 11) is 8.45. The van der Waals surface area contributed by atoms with Gasteiger partial charge in [0.2, 0.25) is 5.91 Å². The van der Waals surface area contributed by atoms with Crippen molar-refractivity contribution >= 4 is 56.9 Å². The number of benzene rings is 4. The van der Waals surface area contributed by atoms with Crippen molar-refractivity contribution in [3.63, 3.8) is 0 Å². The van der Waals surface area contributed by atoms with E-state index in [1.807, 2.05) is 0 Å². The fourth-order valence-electron chi connectivity index (χ4n) is 6.27. The Morgan fingerprint density at radius 1 is 0.632 bits per heavy atom. The second-order valence-electron chi connectivity index (χ2n) is 11.9. The van der Waals surface area contributed by atoms with Gasteiger partial charge in [0, 0.05) is 66.5 Å². The fraction of sp³-hybridized carbons (Fsp3) is 0.293. The molecule has 0 heterocycles. The average molecular weight is 866 g/mol. The van der Waals surface area contributed by atoms with Crippen LogP contribution < -0.4 is 68.3 Å². The van der Waals surface area contributed by atoms with Gasteiger partial charge in [-0.3, -0.25) is 9.59 Å². The predicted molar refractivity (Wildman–Crippen MR) is 222 cm³/mol. The molecule has 14 nitrogen and oxygen atoms in total. The molecule has 4 aromatic rings. The van der Waals surface area contributed by atoms with Crippen LogP contribution in [0, 0.1) is 23.2 Å². The summed E-state index contributed by atoms with van der Waals surface area (Å²) in [5.74, 6) is 7.56. The lowest BCUT2D eigenvalue weighted by atomic mass is 10.2. The Morgan fingerprint density at radius 2 is 1.05 bits per heavy atom. The molecule has 0 spiro atoms. The summed E-state index contributed by atoms with van der Waals surface area (Å²) in [5, 5.41) is 15.9. The lowest BCUT2D eigenvalue weighted by Crippen LogP contribution is -2.42. The van der Waals surface area contributed by atoms with Crippen LogP contribution in [0.2, 0.25) is 0 Å². The van der Waals surface area contributed by atoms with Gasteiger partial charge in [-0.1, -0.05) is 5.92 Å². The predicted octanol–water partition coefficient (Wildman–Crippen LogP) is 5.15. The molecule has 0 aliphatic carbocycles. The lowest BCUT2D eigenvalue weighted by Gasteiger charge is -2.32. The number of hydrogen-bond donors (Lipinski definition) is 2. The molecule has 0 aromatic heterocycles. The second kappa shape index (κ2) is 20.8. The molecule has 2 N–H and O–H groups in total. The smallest absolute Gasteiger partial charge is 0.258 e. The van der Waals surface area contributed by atoms with Gasteiger partial charge in [-0.15, -0.1) is 0 Å². The molecule has 0 fully saturated rings. The van der Waals surface area contributed by atoms with Crippen molar-refractivity contribution in [3.05, 3.63) is 66.2 Å². The SMILES string of the molecule is COc1cc(OC)c([P+](CC(=O)NCCCC(=O)Nc2ccc(C#CC#N)cc2)(c2c(OC)cc(OC)cc2OC)c2c(OC)cc(OC)cc2OBr)c(OC)c1. The van der Waals surface area contributed by atoms with E-state index < -0.39 is 13.2 Å². The summed E-state index contributed by atoms with van der Waals surface area (Å²) in [6.45, 7) is 0.157. The monoisotopic (exact) mass is 864 g/mol. The first-order chi connectivity index (χ1) is 27.6. The molecule has 300 valence electrons. The van der Waals surface area contributed by atoms with Crippen molar-refractivity contribution < 1.29 is 51.3 Å². The van der Waals surface area contributed by atoms with E-state index in [4.69, 9.17) is 47.0 Å². The molecule has 57 heavy (non-hydrogen) atoms. The first-order valence-electron chi connectivity index (χ1n) is 17.2. The molecule has 0 aliphatic rings. The quantitative estimate of drug-likeness (QED) is 0.0725. The Morgan fingerprint density at radius 3 is 1.44 bits per heavy atom. The standard InChI is InChI=1S/C41H43BrN3O11P/c1-48-28-19-31(51-4)39(32(20-28)52-5)57(40-33(53-6)21-29(49-2)22-34(40)54-7,41-35(55-8)23-30(50-3)24-36(41)56-42)25-38(47)44-18-10-12-37(46)45-27-15-13-26(14-16-27)11-9-17-43/h13-16,19-24H,10,12,18,25H2,1-8H3,(H-,44,45,46,47)/p+1. The highest BCUT2D eigenvalue weighted by Gasteiger charge is 2.59. The lowest BCUT2D eigenvalue weighted by molar-refractivity contribution is -0.119. The average Bonchev–Trinajstić information content (AvgIpc) is 3.25. The molecular formula is C41H44BrN3O11P+. The van der Waals surface area contributed by atoms with Gasteiger partial charge < -0.3 is 52.4 Å². The zero-order valence-electron chi connectivity index (χ0n) is 32.9. The van der Waals surface area contributed by atoms with E-state index in [2.05, 4.69) is 38.7 Å². The van der Waals surface area contributed by atoms with Crippen molar-refractivity contribution in [2.75, 3.05) is 74.9 Å². The Labute approximate surface area is 341 Å². The van der Waals surface area contributed by atoms with Crippen molar-refractivity contribution in [1.29, 1.82) is 5.26 Å². The van der Waals surface area contributed by atoms with E-state index in [0.29, 0.717) is 79.6 Å². The second-order valence-corrected chi connectivity index (χ2v) is 15.5. The molecule has 0 atom stereocenters. The van der Waals surface area contributed by atoms with E-state index >= 15 is 0 Å². The van der Waals surface area contributed by atoms with Gasteiger partial charge in [0.25, 0.3) is 5.91 Å². The Kier molecular flexibility index (Phi) is 15.9. The maximum Gasteiger partial charge on any atom is 0.258 e. The van der Waals surface area contributed by atoms with E-state index in [1.54, 1.807) is 66.7 Å². The molecule has 4 aromatic carbocycles. The zero-order valence-corrected chi connectivity index (χ0v) is 35.3. The number of halogens is 1. The minimum Gasteiger partial charge on any atom is -0.496 e. The molecule has 0 saturated carbocycles. The van der Waals surface area contributed by atoms with Crippen molar-refractivity contribution in [1.82, 2.24) is 5.32 Å². The number of rotatable bonds is 19. The van der Waals surface area contributed by atoms with E-state index in [1.165, 1.54) is 56.9 Å². The normalized spacial score (nSPS) is 10.5. The van der Waals surface area contributed by atoms with Gasteiger partial charge in [-0.05, 0) is 30.7 Å². The highest BCUT2D eigenvalue weighted by atomic mass is 79.9. The highest BCUT2D eigenvalue weighted by molar-refractivity contribution is 9.06. The molecule has 0 saturated heterocycles. The van der Waals surface area contributed by atoms with Gasteiger partial charge in [0.05, 0.1) is 56.9 Å². The van der Waals surface area contributed by atoms with Crippen molar-refractivity contribution in [2.45, 2.75) is 12.8 Å². The van der Waals surface area contributed by atoms with E-state index in [0.717, 1.165) is 0 Å². The number of carbonyl (C=O) groups excluding carboxylic acids is 2. The number of nitriles is 1. The number of amides is 2. The van der Waals surface area contributed by atoms with Crippen LogP contribution in [-0.4, -0.2) is 81.4 Å². The van der Waals surface area contributed by atoms with Gasteiger partial charge >= 0.3 is 0 Å². The number of nitrogens with one attached hydrogen (secondary N) is 2. The summed E-state index contributed by atoms with van der Waals surface area (Å²) in [4.78, 5) is 27.5. The van der Waals surface area contributed by atoms with Crippen LogP contribution in [0.25, 0.3) is 0 Å². The van der Waals surface area contributed by atoms with Gasteiger partial charge in [0.1, 0.15) is 24.5 Å². The number of methoxy groups -OCH3 is 8. The molecular weight excluding hydrogens is 821 g/mol. The molecule has 2 amide bonds. The van der Waals surface area contributed by atoms with E-state index in [9.17, 15) is 9.59 Å². The topological polar surface area (TPSA) is 165 Å². The molecule has 16 heteroatoms. The fourth-order valence-corrected chi connectivity index (χ4v) is 11.5. The Bertz CT molecular complexity index is 1940. The Hall–Kier alpha value is -6.02. The maximum atomic E-state index is 14.6. The van der Waals surface area contributed by atoms with Crippen LogP contribution in [0.4, 0.5) is 5.69 Å². The van der Waals surface area contributed by atoms with Gasteiger partial charge in [-0.2, -0.15) is 5.26 Å². The summed E-state index contributed by atoms with van der Waals surface area (Å²) in [5.41, 5.74) is 1.22. The number of nitrogens with zero attached hydrogens (tertiary/aromatic N) is 1. The third kappa shape index (κ3) is 9.87. The summed E-state index contributed by atoms with van der Waals surface area (Å²) in [6, 6.07) is 18.7. The minimum absolute atomic E-state index is 0.116. The molecule has 0 bridgehead atoms. The van der Waals surface area contributed by atoms with Crippen molar-refractivity contribution in [3.8, 4) is 69.7 Å². The summed E-state index contributed by atoms with van der Waals surface area (Å²) < 4.78 is 53.2. The van der Waals surface area contributed by atoms with Crippen LogP contribution in [0.5, 0.6) is 51.7 Å². The van der Waals surface area contributed by atoms with Crippen LogP contribution in [0.3, 0.4) is 0 Å². The van der Waals surface area contributed by atoms with Crippen LogP contribution in [0.1, 0.15) is 18.4 Å². The molecule has 4 rings (SSSR count). The first-order valence-corrected chi connectivity index (χ1v) is 19.8. The number of anilines is 1. The Balaban J connectivity index is 1.91. The summed E-state index contributed by atoms with van der Waals surface area (Å²) >= 11 is 3.21. The third-order valence-electron chi connectivity index (χ3n) is 8.79. The van der Waals surface area contributed by atoms with Crippen LogP contribution in [-0.2, 0) is 9.59 Å². The number of hydrogen-bond acceptors (Lipinski definition) is 12. The highest BCUT2D eigenvalue weighted by Crippen LogP contribution is 2.66. The number of ether oxygens (including phenoxy) is 8. The third-order valence-corrected chi connectivity index (χ3v) is 13.5. The van der Waals surface area contributed by atoms with Crippen LogP contribution in [0.15, 0.2) is 60.7 Å². The van der Waals surface area contributed by atoms with E-state index in [-0.39, 0.29) is 30.8 Å². The summed E-state index contributed by atoms with van der Waals surface area (Å²) in [6.07, 6.45) is 0.204. The minimum atomic E-state index is -3.62.